The zero-order valence-corrected chi connectivity index (χ0v) is 19.2. The summed E-state index contributed by atoms with van der Waals surface area (Å²) in [5, 5.41) is 0. The highest BCUT2D eigenvalue weighted by atomic mass is 16.7. The first-order valence-electron chi connectivity index (χ1n) is 11.6. The molecule has 0 aromatic rings. The summed E-state index contributed by atoms with van der Waals surface area (Å²) in [5.41, 5.74) is 0. The van der Waals surface area contributed by atoms with Gasteiger partial charge in [0.2, 0.25) is 0 Å². The van der Waals surface area contributed by atoms with Gasteiger partial charge in [-0.3, -0.25) is 0 Å². The molecule has 1 aliphatic rings. The van der Waals surface area contributed by atoms with Gasteiger partial charge < -0.3 is 37.9 Å². The smallest absolute Gasteiger partial charge is 0.168 e. The molecule has 180 valence electrons. The van der Waals surface area contributed by atoms with Crippen molar-refractivity contribution in [2.75, 3.05) is 92.5 Å². The lowest BCUT2D eigenvalue weighted by atomic mass is 9.94. The first kappa shape index (κ1) is 27.7. The summed E-state index contributed by atoms with van der Waals surface area (Å²) in [6.45, 7) is 12.2. The number of hydrogen-bond donors (Lipinski definition) is 0. The van der Waals surface area contributed by atoms with E-state index in [0.29, 0.717) is 79.3 Å². The van der Waals surface area contributed by atoms with E-state index < -0.39 is 5.79 Å². The van der Waals surface area contributed by atoms with Crippen LogP contribution in [0.5, 0.6) is 0 Å². The van der Waals surface area contributed by atoms with Gasteiger partial charge in [-0.05, 0) is 26.7 Å². The van der Waals surface area contributed by atoms with Gasteiger partial charge >= 0.3 is 0 Å². The van der Waals surface area contributed by atoms with Crippen molar-refractivity contribution >= 4 is 0 Å². The van der Waals surface area contributed by atoms with Crippen molar-refractivity contribution in [2.45, 2.75) is 51.7 Å². The van der Waals surface area contributed by atoms with E-state index in [2.05, 4.69) is 0 Å². The average molecular weight is 437 g/mol. The van der Waals surface area contributed by atoms with Crippen LogP contribution in [0.4, 0.5) is 0 Å². The third-order valence-electron chi connectivity index (χ3n) is 4.70. The first-order valence-corrected chi connectivity index (χ1v) is 11.6. The fourth-order valence-corrected chi connectivity index (χ4v) is 3.16. The molecule has 0 amide bonds. The fourth-order valence-electron chi connectivity index (χ4n) is 3.16. The molecule has 0 spiro atoms. The molecule has 0 unspecified atom stereocenters. The van der Waals surface area contributed by atoms with Gasteiger partial charge in [0, 0.05) is 26.1 Å². The second-order valence-electron chi connectivity index (χ2n) is 7.01. The van der Waals surface area contributed by atoms with Crippen molar-refractivity contribution in [3.8, 4) is 0 Å². The van der Waals surface area contributed by atoms with Crippen molar-refractivity contribution in [3.05, 3.63) is 0 Å². The Kier molecular flexibility index (Phi) is 19.0. The summed E-state index contributed by atoms with van der Waals surface area (Å²) in [7, 11) is 0. The Morgan fingerprint density at radius 1 is 0.433 bits per heavy atom. The predicted octanol–water partition coefficient (Wildman–Crippen LogP) is 2.82. The highest BCUT2D eigenvalue weighted by molar-refractivity contribution is 4.75. The van der Waals surface area contributed by atoms with Crippen molar-refractivity contribution in [1.29, 1.82) is 0 Å². The minimum absolute atomic E-state index is 0.493. The summed E-state index contributed by atoms with van der Waals surface area (Å²) >= 11 is 0. The van der Waals surface area contributed by atoms with E-state index in [1.54, 1.807) is 0 Å². The van der Waals surface area contributed by atoms with Crippen LogP contribution < -0.4 is 0 Å². The first-order chi connectivity index (χ1) is 14.8. The molecule has 1 rings (SSSR count). The van der Waals surface area contributed by atoms with Gasteiger partial charge in [-0.2, -0.15) is 0 Å². The molecule has 0 aromatic heterocycles. The monoisotopic (exact) mass is 436 g/mol. The molecule has 0 radical (unpaired) electrons. The Morgan fingerprint density at radius 3 is 1.13 bits per heavy atom. The summed E-state index contributed by atoms with van der Waals surface area (Å²) < 4.78 is 44.7. The van der Waals surface area contributed by atoms with E-state index >= 15 is 0 Å². The van der Waals surface area contributed by atoms with E-state index in [4.69, 9.17) is 37.9 Å². The van der Waals surface area contributed by atoms with Crippen molar-refractivity contribution in [1.82, 2.24) is 0 Å². The summed E-state index contributed by atoms with van der Waals surface area (Å²) in [4.78, 5) is 0. The third-order valence-corrected chi connectivity index (χ3v) is 4.70. The topological polar surface area (TPSA) is 73.8 Å². The molecule has 0 bridgehead atoms. The molecule has 1 fully saturated rings. The van der Waals surface area contributed by atoms with Crippen molar-refractivity contribution in [3.63, 3.8) is 0 Å². The van der Waals surface area contributed by atoms with Crippen molar-refractivity contribution in [2.24, 2.45) is 0 Å². The Morgan fingerprint density at radius 2 is 0.767 bits per heavy atom. The van der Waals surface area contributed by atoms with Crippen LogP contribution in [0.1, 0.15) is 46.0 Å². The van der Waals surface area contributed by atoms with Gasteiger partial charge in [-0.15, -0.1) is 0 Å². The zero-order valence-electron chi connectivity index (χ0n) is 19.2. The minimum Gasteiger partial charge on any atom is -0.379 e. The molecule has 30 heavy (non-hydrogen) atoms. The normalized spacial score (nSPS) is 16.2. The van der Waals surface area contributed by atoms with E-state index in [-0.39, 0.29) is 0 Å². The van der Waals surface area contributed by atoms with Gasteiger partial charge in [-0.1, -0.05) is 6.42 Å². The molecule has 1 aliphatic carbocycles. The number of rotatable bonds is 22. The van der Waals surface area contributed by atoms with Crippen LogP contribution in [-0.2, 0) is 37.9 Å². The maximum absolute atomic E-state index is 6.11. The fraction of sp³-hybridized carbons (Fsp3) is 1.00. The highest BCUT2D eigenvalue weighted by Gasteiger charge is 2.33. The predicted molar refractivity (Wildman–Crippen MR) is 114 cm³/mol. The Bertz CT molecular complexity index is 324. The van der Waals surface area contributed by atoms with Crippen LogP contribution in [0.25, 0.3) is 0 Å². The molecule has 0 atom stereocenters. The SMILES string of the molecule is CCOCCOCCOCCOC1(OCCOCCOCCOCC)CCCCC1. The summed E-state index contributed by atoms with van der Waals surface area (Å²) in [5.74, 6) is -0.493. The second kappa shape index (κ2) is 20.6. The van der Waals surface area contributed by atoms with Gasteiger partial charge in [-0.25, -0.2) is 0 Å². The molecule has 1 saturated carbocycles. The van der Waals surface area contributed by atoms with E-state index in [1.165, 1.54) is 6.42 Å². The van der Waals surface area contributed by atoms with Gasteiger partial charge in [0.1, 0.15) is 0 Å². The minimum atomic E-state index is -0.493. The molecule has 0 heterocycles. The van der Waals surface area contributed by atoms with E-state index in [9.17, 15) is 0 Å². The lowest BCUT2D eigenvalue weighted by Crippen LogP contribution is -2.40. The second-order valence-corrected chi connectivity index (χ2v) is 7.01. The lowest BCUT2D eigenvalue weighted by Gasteiger charge is -2.37. The molecule has 8 nitrogen and oxygen atoms in total. The Labute approximate surface area is 182 Å². The summed E-state index contributed by atoms with van der Waals surface area (Å²) in [6, 6.07) is 0. The third kappa shape index (κ3) is 15.5. The van der Waals surface area contributed by atoms with Crippen LogP contribution >= 0.6 is 0 Å². The molecule has 8 heteroatoms. The van der Waals surface area contributed by atoms with Crippen LogP contribution in [0.15, 0.2) is 0 Å². The molecular formula is C22H44O8. The van der Waals surface area contributed by atoms with Crippen LogP contribution in [-0.4, -0.2) is 98.3 Å². The van der Waals surface area contributed by atoms with Gasteiger partial charge in [0.05, 0.1) is 79.3 Å². The molecule has 0 aromatic carbocycles. The number of ether oxygens (including phenoxy) is 8. The highest BCUT2D eigenvalue weighted by Crippen LogP contribution is 2.32. The quantitative estimate of drug-likeness (QED) is 0.189. The van der Waals surface area contributed by atoms with Crippen LogP contribution in [0, 0.1) is 0 Å². The van der Waals surface area contributed by atoms with E-state index in [1.807, 2.05) is 13.8 Å². The lowest BCUT2D eigenvalue weighted by molar-refractivity contribution is -0.260. The number of hydrogen-bond acceptors (Lipinski definition) is 8. The Balaban J connectivity index is 2.02. The van der Waals surface area contributed by atoms with Crippen LogP contribution in [0.3, 0.4) is 0 Å². The zero-order chi connectivity index (χ0) is 21.6. The van der Waals surface area contributed by atoms with Gasteiger partial charge in [0.25, 0.3) is 0 Å². The van der Waals surface area contributed by atoms with Crippen molar-refractivity contribution < 1.29 is 37.9 Å². The molecule has 0 N–H and O–H groups in total. The molecule has 0 aliphatic heterocycles. The average Bonchev–Trinajstić information content (AvgIpc) is 2.77. The Hall–Kier alpha value is -0.320. The summed E-state index contributed by atoms with van der Waals surface area (Å²) in [6.07, 6.45) is 5.34. The maximum atomic E-state index is 6.11. The van der Waals surface area contributed by atoms with Gasteiger partial charge in [0.15, 0.2) is 5.79 Å². The van der Waals surface area contributed by atoms with Crippen LogP contribution in [0.2, 0.25) is 0 Å². The molecule has 0 saturated heterocycles. The largest absolute Gasteiger partial charge is 0.379 e. The maximum Gasteiger partial charge on any atom is 0.168 e. The standard InChI is InChI=1S/C22H44O8/c1-3-23-10-12-25-14-16-27-18-20-29-22(8-6-5-7-9-22)30-21-19-28-17-15-26-13-11-24-4-2/h3-21H2,1-2H3. The van der Waals surface area contributed by atoms with E-state index in [0.717, 1.165) is 38.9 Å². The molecular weight excluding hydrogens is 392 g/mol.